The third-order valence-electron chi connectivity index (χ3n) is 3.29. The molecule has 9 heteroatoms. The van der Waals surface area contributed by atoms with E-state index in [-0.39, 0.29) is 12.2 Å². The average molecular weight is 379 g/mol. The first kappa shape index (κ1) is 17.2. The summed E-state index contributed by atoms with van der Waals surface area (Å²) in [5, 5.41) is 10.9. The number of amides is 1. The predicted molar refractivity (Wildman–Crippen MR) is 93.6 cm³/mol. The number of hydrogen-bond acceptors (Lipinski definition) is 5. The summed E-state index contributed by atoms with van der Waals surface area (Å²) in [6.07, 6.45) is 0. The van der Waals surface area contributed by atoms with Crippen molar-refractivity contribution in [1.82, 2.24) is 15.0 Å². The molecule has 128 valence electrons. The van der Waals surface area contributed by atoms with Crippen LogP contribution >= 0.6 is 23.2 Å². The quantitative estimate of drug-likeness (QED) is 0.689. The summed E-state index contributed by atoms with van der Waals surface area (Å²) < 4.78 is 6.36. The van der Waals surface area contributed by atoms with Crippen LogP contribution in [0, 0.1) is 0 Å². The molecule has 0 saturated heterocycles. The Kier molecular flexibility index (Phi) is 5.16. The molecule has 3 rings (SSSR count). The van der Waals surface area contributed by atoms with E-state index in [0.717, 1.165) is 0 Å². The normalized spacial score (nSPS) is 10.6. The van der Waals surface area contributed by atoms with Crippen molar-refractivity contribution in [3.05, 3.63) is 52.5 Å². The van der Waals surface area contributed by atoms with Gasteiger partial charge in [-0.1, -0.05) is 46.6 Å². The van der Waals surface area contributed by atoms with E-state index < -0.39 is 18.5 Å². The van der Waals surface area contributed by atoms with Crippen LogP contribution in [0.25, 0.3) is 11.0 Å². The highest BCUT2D eigenvalue weighted by Gasteiger charge is 2.13. The van der Waals surface area contributed by atoms with Gasteiger partial charge in [-0.25, -0.2) is 4.68 Å². The van der Waals surface area contributed by atoms with Crippen LogP contribution in [0.2, 0.25) is 10.0 Å². The van der Waals surface area contributed by atoms with Gasteiger partial charge in [-0.2, -0.15) is 0 Å². The summed E-state index contributed by atoms with van der Waals surface area (Å²) >= 11 is 11.9. The molecular formula is C16H12Cl2N4O3. The van der Waals surface area contributed by atoms with Gasteiger partial charge in [-0.15, -0.1) is 5.10 Å². The molecule has 1 heterocycles. The molecule has 2 aromatic carbocycles. The second-order valence-corrected chi connectivity index (χ2v) is 5.86. The van der Waals surface area contributed by atoms with Crippen LogP contribution in [-0.2, 0) is 20.9 Å². The smallest absolute Gasteiger partial charge is 0.328 e. The Hall–Kier alpha value is -2.64. The number of fused-ring (bicyclic) bond motifs is 1. The number of carbonyl (C=O) groups excluding carboxylic acids is 2. The van der Waals surface area contributed by atoms with Crippen LogP contribution < -0.4 is 5.32 Å². The molecule has 0 atom stereocenters. The van der Waals surface area contributed by atoms with Crippen molar-refractivity contribution in [2.45, 2.75) is 6.54 Å². The van der Waals surface area contributed by atoms with E-state index in [1.165, 1.54) is 4.68 Å². The maximum absolute atomic E-state index is 11.9. The van der Waals surface area contributed by atoms with Gasteiger partial charge in [0.25, 0.3) is 5.91 Å². The molecule has 0 aliphatic carbocycles. The lowest BCUT2D eigenvalue weighted by Crippen LogP contribution is -2.23. The highest BCUT2D eigenvalue weighted by Crippen LogP contribution is 2.29. The van der Waals surface area contributed by atoms with Gasteiger partial charge in [-0.3, -0.25) is 9.59 Å². The lowest BCUT2D eigenvalue weighted by molar-refractivity contribution is -0.148. The van der Waals surface area contributed by atoms with Gasteiger partial charge < -0.3 is 10.1 Å². The van der Waals surface area contributed by atoms with Crippen LogP contribution in [-0.4, -0.2) is 33.5 Å². The number of benzene rings is 2. The zero-order chi connectivity index (χ0) is 17.8. The zero-order valence-corrected chi connectivity index (χ0v) is 14.3. The first-order chi connectivity index (χ1) is 12.0. The summed E-state index contributed by atoms with van der Waals surface area (Å²) in [6, 6.07) is 12.0. The Balaban J connectivity index is 1.56. The molecule has 0 saturated carbocycles. The lowest BCUT2D eigenvalue weighted by Gasteiger charge is -2.09. The molecule has 0 aliphatic rings. The fourth-order valence-corrected chi connectivity index (χ4v) is 2.63. The molecule has 0 unspecified atom stereocenters. The maximum atomic E-state index is 11.9. The van der Waals surface area contributed by atoms with Crippen molar-refractivity contribution in [2.75, 3.05) is 11.9 Å². The lowest BCUT2D eigenvalue weighted by atomic mass is 10.3. The van der Waals surface area contributed by atoms with E-state index in [2.05, 4.69) is 15.6 Å². The van der Waals surface area contributed by atoms with Gasteiger partial charge in [0.2, 0.25) is 0 Å². The summed E-state index contributed by atoms with van der Waals surface area (Å²) in [5.41, 5.74) is 1.64. The second kappa shape index (κ2) is 7.50. The van der Waals surface area contributed by atoms with Gasteiger partial charge in [-0.05, 0) is 24.3 Å². The highest BCUT2D eigenvalue weighted by atomic mass is 35.5. The Morgan fingerprint density at radius 3 is 2.56 bits per heavy atom. The number of aromatic nitrogens is 3. The van der Waals surface area contributed by atoms with Gasteiger partial charge >= 0.3 is 5.97 Å². The van der Waals surface area contributed by atoms with Crippen molar-refractivity contribution < 1.29 is 14.3 Å². The number of halogens is 2. The molecule has 1 N–H and O–H groups in total. The predicted octanol–water partition coefficient (Wildman–Crippen LogP) is 2.92. The van der Waals surface area contributed by atoms with Gasteiger partial charge in [0.1, 0.15) is 12.1 Å². The monoisotopic (exact) mass is 378 g/mol. The largest absolute Gasteiger partial charge is 0.454 e. The zero-order valence-electron chi connectivity index (χ0n) is 12.8. The van der Waals surface area contributed by atoms with E-state index in [0.29, 0.717) is 21.1 Å². The van der Waals surface area contributed by atoms with E-state index in [1.54, 1.807) is 30.3 Å². The minimum absolute atomic E-state index is 0.152. The molecule has 3 aromatic rings. The summed E-state index contributed by atoms with van der Waals surface area (Å²) in [6.45, 7) is -0.617. The average Bonchev–Trinajstić information content (AvgIpc) is 3.00. The van der Waals surface area contributed by atoms with Crippen LogP contribution in [0.4, 0.5) is 5.69 Å². The van der Waals surface area contributed by atoms with Crippen molar-refractivity contribution in [2.24, 2.45) is 0 Å². The summed E-state index contributed by atoms with van der Waals surface area (Å²) in [7, 11) is 0. The molecule has 0 radical (unpaired) electrons. The van der Waals surface area contributed by atoms with E-state index in [9.17, 15) is 9.59 Å². The number of carbonyl (C=O) groups is 2. The van der Waals surface area contributed by atoms with Crippen LogP contribution in [0.5, 0.6) is 0 Å². The van der Waals surface area contributed by atoms with Crippen LogP contribution in [0.15, 0.2) is 42.5 Å². The molecule has 1 amide bonds. The van der Waals surface area contributed by atoms with Gasteiger partial charge in [0, 0.05) is 0 Å². The minimum atomic E-state index is -0.615. The fourth-order valence-electron chi connectivity index (χ4n) is 2.14. The standard InChI is InChI=1S/C16H12Cl2N4O3/c17-10-4-3-5-11(18)16(10)19-14(23)9-25-15(24)8-22-13-7-2-1-6-12(13)20-21-22/h1-7H,8-9H2,(H,19,23). The second-order valence-electron chi connectivity index (χ2n) is 5.04. The molecule has 0 spiro atoms. The number of hydrogen-bond donors (Lipinski definition) is 1. The Labute approximate surface area is 152 Å². The first-order valence-corrected chi connectivity index (χ1v) is 7.98. The summed E-state index contributed by atoms with van der Waals surface area (Å²) in [5.74, 6) is -1.16. The highest BCUT2D eigenvalue weighted by molar-refractivity contribution is 6.39. The maximum Gasteiger partial charge on any atom is 0.328 e. The topological polar surface area (TPSA) is 86.1 Å². The Morgan fingerprint density at radius 2 is 1.80 bits per heavy atom. The van der Waals surface area contributed by atoms with Crippen LogP contribution in [0.3, 0.4) is 0 Å². The number of nitrogens with one attached hydrogen (secondary N) is 1. The number of anilines is 1. The van der Waals surface area contributed by atoms with E-state index in [4.69, 9.17) is 27.9 Å². The van der Waals surface area contributed by atoms with E-state index >= 15 is 0 Å². The van der Waals surface area contributed by atoms with Crippen molar-refractivity contribution in [3.63, 3.8) is 0 Å². The molecule has 7 nitrogen and oxygen atoms in total. The van der Waals surface area contributed by atoms with E-state index in [1.807, 2.05) is 12.1 Å². The van der Waals surface area contributed by atoms with Crippen molar-refractivity contribution >= 4 is 51.8 Å². The fraction of sp³-hybridized carbons (Fsp3) is 0.125. The van der Waals surface area contributed by atoms with Gasteiger partial charge in [0.05, 0.1) is 21.2 Å². The number of para-hydroxylation sites is 2. The van der Waals surface area contributed by atoms with Crippen molar-refractivity contribution in [1.29, 1.82) is 0 Å². The molecule has 25 heavy (non-hydrogen) atoms. The minimum Gasteiger partial charge on any atom is -0.454 e. The third-order valence-corrected chi connectivity index (χ3v) is 3.92. The molecule has 0 aliphatic heterocycles. The number of nitrogens with zero attached hydrogens (tertiary/aromatic N) is 3. The van der Waals surface area contributed by atoms with Gasteiger partial charge in [0.15, 0.2) is 6.61 Å². The first-order valence-electron chi connectivity index (χ1n) is 7.22. The number of rotatable bonds is 5. The Bertz CT molecular complexity index is 922. The molecule has 1 aromatic heterocycles. The molecule has 0 fully saturated rings. The van der Waals surface area contributed by atoms with Crippen LogP contribution in [0.1, 0.15) is 0 Å². The summed E-state index contributed by atoms with van der Waals surface area (Å²) in [4.78, 5) is 23.8. The third kappa shape index (κ3) is 4.07. The number of esters is 1. The number of ether oxygens (including phenoxy) is 1. The molecular weight excluding hydrogens is 367 g/mol. The Morgan fingerprint density at radius 1 is 1.08 bits per heavy atom. The van der Waals surface area contributed by atoms with Crippen molar-refractivity contribution in [3.8, 4) is 0 Å². The molecule has 0 bridgehead atoms. The SMILES string of the molecule is O=C(COC(=O)Cn1nnc2ccccc21)Nc1c(Cl)cccc1Cl.